The second kappa shape index (κ2) is 7.79. The lowest BCUT2D eigenvalue weighted by Crippen LogP contribution is -2.27. The van der Waals surface area contributed by atoms with Gasteiger partial charge in [-0.05, 0) is 38.8 Å². The maximum atomic E-state index is 11.5. The highest BCUT2D eigenvalue weighted by atomic mass is 16.5. The highest BCUT2D eigenvalue weighted by molar-refractivity contribution is 5.75. The van der Waals surface area contributed by atoms with E-state index in [0.717, 1.165) is 11.3 Å². The van der Waals surface area contributed by atoms with Crippen LogP contribution in [0.5, 0.6) is 5.75 Å². The monoisotopic (exact) mass is 265 g/mol. The predicted molar refractivity (Wildman–Crippen MR) is 75.3 cm³/mol. The van der Waals surface area contributed by atoms with Crippen LogP contribution in [0.2, 0.25) is 0 Å². The molecule has 4 nitrogen and oxygen atoms in total. The first kappa shape index (κ1) is 15.5. The van der Waals surface area contributed by atoms with Gasteiger partial charge in [0.1, 0.15) is 5.75 Å². The van der Waals surface area contributed by atoms with Gasteiger partial charge in [-0.15, -0.1) is 0 Å². The van der Waals surface area contributed by atoms with E-state index in [1.807, 2.05) is 26.0 Å². The Bertz CT molecular complexity index is 416. The first-order valence-corrected chi connectivity index (χ1v) is 6.64. The summed E-state index contributed by atoms with van der Waals surface area (Å²) in [6.45, 7) is 6.59. The van der Waals surface area contributed by atoms with Gasteiger partial charge < -0.3 is 15.2 Å². The third-order valence-electron chi connectivity index (χ3n) is 2.80. The number of hydrogen-bond donors (Lipinski definition) is 2. The molecule has 19 heavy (non-hydrogen) atoms. The quantitative estimate of drug-likeness (QED) is 0.792. The molecule has 0 saturated heterocycles. The fourth-order valence-corrected chi connectivity index (χ4v) is 1.72. The van der Waals surface area contributed by atoms with Crippen molar-refractivity contribution in [2.45, 2.75) is 39.7 Å². The Balaban J connectivity index is 2.24. The van der Waals surface area contributed by atoms with Gasteiger partial charge in [-0.1, -0.05) is 17.7 Å². The Morgan fingerprint density at radius 1 is 1.42 bits per heavy atom. The molecule has 1 atom stereocenters. The molecule has 0 heterocycles. The molecule has 1 aromatic rings. The van der Waals surface area contributed by atoms with E-state index in [2.05, 4.69) is 11.4 Å². The zero-order valence-corrected chi connectivity index (χ0v) is 11.9. The van der Waals surface area contributed by atoms with Crippen LogP contribution in [-0.2, 0) is 4.79 Å². The van der Waals surface area contributed by atoms with E-state index in [1.54, 1.807) is 6.92 Å². The molecule has 4 heteroatoms. The molecule has 106 valence electrons. The van der Waals surface area contributed by atoms with E-state index in [-0.39, 0.29) is 12.0 Å². The Kier molecular flexibility index (Phi) is 6.36. The van der Waals surface area contributed by atoms with Gasteiger partial charge in [-0.25, -0.2) is 0 Å². The second-order valence-corrected chi connectivity index (χ2v) is 4.86. The molecule has 0 bridgehead atoms. The summed E-state index contributed by atoms with van der Waals surface area (Å²) in [5.74, 6) is 0.771. The number of ether oxygens (including phenoxy) is 1. The molecule has 1 unspecified atom stereocenters. The van der Waals surface area contributed by atoms with Crippen molar-refractivity contribution in [3.63, 3.8) is 0 Å². The van der Waals surface area contributed by atoms with Crippen LogP contribution in [0.15, 0.2) is 18.2 Å². The minimum atomic E-state index is -0.383. The minimum absolute atomic E-state index is 0.0505. The van der Waals surface area contributed by atoms with E-state index >= 15 is 0 Å². The highest BCUT2D eigenvalue weighted by Crippen LogP contribution is 2.18. The van der Waals surface area contributed by atoms with Crippen molar-refractivity contribution in [2.24, 2.45) is 0 Å². The number of benzene rings is 1. The largest absolute Gasteiger partial charge is 0.493 e. The summed E-state index contributed by atoms with van der Waals surface area (Å²) >= 11 is 0. The van der Waals surface area contributed by atoms with Crippen LogP contribution in [0.4, 0.5) is 0 Å². The number of aliphatic hydroxyl groups excluding tert-OH is 1. The molecule has 0 spiro atoms. The topological polar surface area (TPSA) is 58.6 Å². The number of carbonyl (C=O) groups is 1. The van der Waals surface area contributed by atoms with Crippen molar-refractivity contribution in [3.8, 4) is 5.75 Å². The lowest BCUT2D eigenvalue weighted by atomic mass is 10.1. The molecular weight excluding hydrogens is 242 g/mol. The van der Waals surface area contributed by atoms with E-state index in [1.165, 1.54) is 5.56 Å². The Morgan fingerprint density at radius 2 is 2.16 bits per heavy atom. The lowest BCUT2D eigenvalue weighted by Gasteiger charge is -2.10. The van der Waals surface area contributed by atoms with Crippen LogP contribution in [0.1, 0.15) is 30.9 Å². The number of hydrogen-bond acceptors (Lipinski definition) is 3. The molecule has 1 aromatic carbocycles. The molecule has 1 rings (SSSR count). The smallest absolute Gasteiger partial charge is 0.223 e. The molecular formula is C15H23NO3. The lowest BCUT2D eigenvalue weighted by molar-refractivity contribution is -0.121. The summed E-state index contributed by atoms with van der Waals surface area (Å²) in [7, 11) is 0. The van der Waals surface area contributed by atoms with Crippen molar-refractivity contribution in [3.05, 3.63) is 29.3 Å². The molecule has 0 aliphatic rings. The molecule has 0 fully saturated rings. The van der Waals surface area contributed by atoms with Crippen molar-refractivity contribution < 1.29 is 14.6 Å². The normalized spacial score (nSPS) is 12.0. The van der Waals surface area contributed by atoms with Gasteiger partial charge in [-0.2, -0.15) is 0 Å². The van der Waals surface area contributed by atoms with E-state index < -0.39 is 0 Å². The highest BCUT2D eigenvalue weighted by Gasteiger charge is 2.04. The molecule has 0 aliphatic carbocycles. The van der Waals surface area contributed by atoms with Gasteiger partial charge in [0.25, 0.3) is 0 Å². The van der Waals surface area contributed by atoms with E-state index in [4.69, 9.17) is 9.84 Å². The molecule has 0 saturated carbocycles. The fraction of sp³-hybridized carbons (Fsp3) is 0.533. The van der Waals surface area contributed by atoms with Crippen LogP contribution in [0.25, 0.3) is 0 Å². The third kappa shape index (κ3) is 6.25. The Morgan fingerprint density at radius 3 is 2.79 bits per heavy atom. The minimum Gasteiger partial charge on any atom is -0.493 e. The molecule has 0 aliphatic heterocycles. The zero-order chi connectivity index (χ0) is 14.3. The van der Waals surface area contributed by atoms with Crippen molar-refractivity contribution in [1.29, 1.82) is 0 Å². The SMILES string of the molecule is Cc1ccc(OCCC(=O)NCCC(C)O)c(C)c1. The molecule has 1 amide bonds. The standard InChI is InChI=1S/C15H23NO3/c1-11-4-5-14(12(2)10-11)19-9-7-15(18)16-8-6-13(3)17/h4-5,10,13,17H,6-9H2,1-3H3,(H,16,18). The van der Waals surface area contributed by atoms with Crippen LogP contribution in [0, 0.1) is 13.8 Å². The second-order valence-electron chi connectivity index (χ2n) is 4.86. The van der Waals surface area contributed by atoms with Crippen LogP contribution in [0.3, 0.4) is 0 Å². The van der Waals surface area contributed by atoms with E-state index in [0.29, 0.717) is 26.0 Å². The van der Waals surface area contributed by atoms with Gasteiger partial charge in [0.2, 0.25) is 5.91 Å². The van der Waals surface area contributed by atoms with Gasteiger partial charge in [-0.3, -0.25) is 4.79 Å². The van der Waals surface area contributed by atoms with Crippen molar-refractivity contribution in [1.82, 2.24) is 5.32 Å². The van der Waals surface area contributed by atoms with Crippen LogP contribution >= 0.6 is 0 Å². The summed E-state index contributed by atoms with van der Waals surface area (Å²) in [5, 5.41) is 11.8. The van der Waals surface area contributed by atoms with Crippen molar-refractivity contribution >= 4 is 5.91 Å². The van der Waals surface area contributed by atoms with Gasteiger partial charge in [0.15, 0.2) is 0 Å². The zero-order valence-electron chi connectivity index (χ0n) is 11.9. The number of rotatable bonds is 7. The van der Waals surface area contributed by atoms with Crippen molar-refractivity contribution in [2.75, 3.05) is 13.2 Å². The van der Waals surface area contributed by atoms with Crippen LogP contribution in [-0.4, -0.2) is 30.3 Å². The number of nitrogens with one attached hydrogen (secondary N) is 1. The fourth-order valence-electron chi connectivity index (χ4n) is 1.72. The maximum Gasteiger partial charge on any atom is 0.223 e. The first-order valence-electron chi connectivity index (χ1n) is 6.64. The number of aryl methyl sites for hydroxylation is 2. The summed E-state index contributed by atoms with van der Waals surface area (Å²) < 4.78 is 5.58. The molecule has 2 N–H and O–H groups in total. The summed E-state index contributed by atoms with van der Waals surface area (Å²) in [6.07, 6.45) is 0.517. The van der Waals surface area contributed by atoms with Gasteiger partial charge >= 0.3 is 0 Å². The molecule has 0 aromatic heterocycles. The first-order chi connectivity index (χ1) is 8.99. The van der Waals surface area contributed by atoms with Gasteiger partial charge in [0, 0.05) is 6.54 Å². The number of carbonyl (C=O) groups excluding carboxylic acids is 1. The average molecular weight is 265 g/mol. The average Bonchev–Trinajstić information content (AvgIpc) is 2.31. The van der Waals surface area contributed by atoms with Crippen LogP contribution < -0.4 is 10.1 Å². The Hall–Kier alpha value is -1.55. The number of aliphatic hydroxyl groups is 1. The van der Waals surface area contributed by atoms with Gasteiger partial charge in [0.05, 0.1) is 19.1 Å². The Labute approximate surface area is 114 Å². The predicted octanol–water partition coefficient (Wildman–Crippen LogP) is 1.96. The summed E-state index contributed by atoms with van der Waals surface area (Å²) in [4.78, 5) is 11.5. The maximum absolute atomic E-state index is 11.5. The number of amides is 1. The van der Waals surface area contributed by atoms with E-state index in [9.17, 15) is 4.79 Å². The molecule has 0 radical (unpaired) electrons. The summed E-state index contributed by atoms with van der Waals surface area (Å²) in [6, 6.07) is 5.97. The third-order valence-corrected chi connectivity index (χ3v) is 2.80. The summed E-state index contributed by atoms with van der Waals surface area (Å²) in [5.41, 5.74) is 2.27.